The van der Waals surface area contributed by atoms with Crippen molar-refractivity contribution in [2.24, 2.45) is 0 Å². The van der Waals surface area contributed by atoms with Crippen molar-refractivity contribution in [2.45, 2.75) is 63.3 Å². The molecule has 3 atom stereocenters. The summed E-state index contributed by atoms with van der Waals surface area (Å²) in [6.07, 6.45) is 1.51. The maximum absolute atomic E-state index is 13.1. The Morgan fingerprint density at radius 1 is 1.16 bits per heavy atom. The number of alkyl halides is 3. The second-order valence-corrected chi connectivity index (χ2v) is 8.83. The summed E-state index contributed by atoms with van der Waals surface area (Å²) in [5, 5.41) is 14.7. The smallest absolute Gasteiger partial charge is 0.367 e. The predicted octanol–water partition coefficient (Wildman–Crippen LogP) is 4.76. The van der Waals surface area contributed by atoms with Crippen molar-refractivity contribution in [1.29, 1.82) is 0 Å². The van der Waals surface area contributed by atoms with Gasteiger partial charge in [-0.25, -0.2) is 4.98 Å². The number of anilines is 3. The largest absolute Gasteiger partial charge is 0.401 e. The summed E-state index contributed by atoms with van der Waals surface area (Å²) in [6, 6.07) is 7.52. The number of rotatable bonds is 5. The number of hydrogen-bond donors (Lipinski definition) is 3. The summed E-state index contributed by atoms with van der Waals surface area (Å²) >= 11 is 0. The highest BCUT2D eigenvalue weighted by atomic mass is 19.4. The van der Waals surface area contributed by atoms with Gasteiger partial charge in [0, 0.05) is 47.5 Å². The van der Waals surface area contributed by atoms with E-state index in [4.69, 9.17) is 4.98 Å². The van der Waals surface area contributed by atoms with E-state index >= 15 is 0 Å². The Balaban J connectivity index is 1.39. The SMILES string of the molecule is Cc1cc(Nc2cc3ncccc3c(NC3C[C@H]4CCC[C@@H](C3)N4CC(F)(F)F)n2)n[nH]1. The zero-order valence-electron chi connectivity index (χ0n) is 17.8. The highest BCUT2D eigenvalue weighted by molar-refractivity contribution is 5.91. The maximum atomic E-state index is 13.1. The Kier molecular flexibility index (Phi) is 5.40. The van der Waals surface area contributed by atoms with Gasteiger partial charge in [0.05, 0.1) is 12.1 Å². The van der Waals surface area contributed by atoms with Crippen LogP contribution in [-0.2, 0) is 0 Å². The molecule has 0 aliphatic carbocycles. The molecule has 32 heavy (non-hydrogen) atoms. The summed E-state index contributed by atoms with van der Waals surface area (Å²) in [4.78, 5) is 10.9. The van der Waals surface area contributed by atoms with Crippen molar-refractivity contribution in [2.75, 3.05) is 17.2 Å². The summed E-state index contributed by atoms with van der Waals surface area (Å²) < 4.78 is 39.3. The second kappa shape index (κ2) is 8.23. The Bertz CT molecular complexity index is 1080. The third-order valence-corrected chi connectivity index (χ3v) is 6.39. The molecule has 0 aromatic carbocycles. The molecule has 2 aliphatic heterocycles. The quantitative estimate of drug-likeness (QED) is 0.525. The van der Waals surface area contributed by atoms with Crippen LogP contribution >= 0.6 is 0 Å². The minimum absolute atomic E-state index is 0.0562. The summed E-state index contributed by atoms with van der Waals surface area (Å²) in [5.74, 6) is 1.96. The van der Waals surface area contributed by atoms with E-state index in [1.54, 1.807) is 11.1 Å². The van der Waals surface area contributed by atoms with Crippen LogP contribution in [0.25, 0.3) is 10.9 Å². The van der Waals surface area contributed by atoms with Gasteiger partial charge in [-0.05, 0) is 44.7 Å². The van der Waals surface area contributed by atoms with Crippen molar-refractivity contribution in [3.05, 3.63) is 36.2 Å². The van der Waals surface area contributed by atoms with Crippen LogP contribution in [0.3, 0.4) is 0 Å². The van der Waals surface area contributed by atoms with Gasteiger partial charge in [0.2, 0.25) is 0 Å². The van der Waals surface area contributed by atoms with E-state index in [9.17, 15) is 13.2 Å². The van der Waals surface area contributed by atoms with Gasteiger partial charge in [0.25, 0.3) is 0 Å². The van der Waals surface area contributed by atoms with Gasteiger partial charge in [0.15, 0.2) is 5.82 Å². The second-order valence-electron chi connectivity index (χ2n) is 8.83. The molecule has 5 rings (SSSR count). The van der Waals surface area contributed by atoms with Crippen LogP contribution in [-0.4, -0.2) is 55.9 Å². The lowest BCUT2D eigenvalue weighted by Crippen LogP contribution is -2.57. The Morgan fingerprint density at radius 2 is 1.94 bits per heavy atom. The Hall–Kier alpha value is -2.88. The number of aromatic amines is 1. The number of aryl methyl sites for hydroxylation is 1. The van der Waals surface area contributed by atoms with Gasteiger partial charge in [-0.15, -0.1) is 0 Å². The number of halogens is 3. The highest BCUT2D eigenvalue weighted by Crippen LogP contribution is 2.37. The van der Waals surface area contributed by atoms with Crippen molar-refractivity contribution < 1.29 is 13.2 Å². The van der Waals surface area contributed by atoms with Crippen LogP contribution in [0.5, 0.6) is 0 Å². The fraction of sp³-hybridized carbons (Fsp3) is 0.500. The number of nitrogens with one attached hydrogen (secondary N) is 3. The predicted molar refractivity (Wildman–Crippen MR) is 117 cm³/mol. The van der Waals surface area contributed by atoms with E-state index in [1.807, 2.05) is 31.2 Å². The lowest BCUT2D eigenvalue weighted by Gasteiger charge is -2.49. The maximum Gasteiger partial charge on any atom is 0.401 e. The van der Waals surface area contributed by atoms with Crippen LogP contribution < -0.4 is 10.6 Å². The number of fused-ring (bicyclic) bond motifs is 3. The lowest BCUT2D eigenvalue weighted by molar-refractivity contribution is -0.165. The van der Waals surface area contributed by atoms with Crippen molar-refractivity contribution in [3.8, 4) is 0 Å². The fourth-order valence-electron chi connectivity index (χ4n) is 5.12. The summed E-state index contributed by atoms with van der Waals surface area (Å²) in [7, 11) is 0. The molecule has 1 unspecified atom stereocenters. The van der Waals surface area contributed by atoms with Gasteiger partial charge in [-0.1, -0.05) is 6.42 Å². The first-order valence-corrected chi connectivity index (χ1v) is 11.0. The average molecular weight is 445 g/mol. The molecule has 3 aromatic heterocycles. The van der Waals surface area contributed by atoms with E-state index in [0.29, 0.717) is 30.3 Å². The normalized spacial score (nSPS) is 23.9. The van der Waals surface area contributed by atoms with Gasteiger partial charge in [-0.3, -0.25) is 15.0 Å². The number of nitrogens with zero attached hydrogens (tertiary/aromatic N) is 4. The van der Waals surface area contributed by atoms with Crippen molar-refractivity contribution in [1.82, 2.24) is 25.1 Å². The van der Waals surface area contributed by atoms with Gasteiger partial charge >= 0.3 is 6.18 Å². The molecule has 3 aromatic rings. The Morgan fingerprint density at radius 3 is 2.62 bits per heavy atom. The average Bonchev–Trinajstić information content (AvgIpc) is 3.12. The molecule has 0 saturated carbocycles. The third-order valence-electron chi connectivity index (χ3n) is 6.39. The molecule has 3 N–H and O–H groups in total. The minimum atomic E-state index is -4.16. The van der Waals surface area contributed by atoms with Crippen molar-refractivity contribution >= 4 is 28.4 Å². The number of pyridine rings is 2. The van der Waals surface area contributed by atoms with E-state index in [1.165, 1.54) is 0 Å². The van der Waals surface area contributed by atoms with E-state index in [2.05, 4.69) is 25.8 Å². The van der Waals surface area contributed by atoms with Gasteiger partial charge in [0.1, 0.15) is 11.6 Å². The molecule has 0 amide bonds. The first-order chi connectivity index (χ1) is 15.3. The van der Waals surface area contributed by atoms with Crippen LogP contribution in [0.15, 0.2) is 30.5 Å². The molecule has 5 heterocycles. The number of aromatic nitrogens is 4. The Labute approximate surface area is 183 Å². The van der Waals surface area contributed by atoms with E-state index in [-0.39, 0.29) is 18.1 Å². The molecule has 0 radical (unpaired) electrons. The zero-order valence-corrected chi connectivity index (χ0v) is 17.8. The summed E-state index contributed by atoms with van der Waals surface area (Å²) in [5.41, 5.74) is 1.72. The van der Waals surface area contributed by atoms with E-state index < -0.39 is 12.7 Å². The lowest BCUT2D eigenvalue weighted by atomic mass is 9.81. The summed E-state index contributed by atoms with van der Waals surface area (Å²) in [6.45, 7) is 1.10. The third kappa shape index (κ3) is 4.50. The standard InChI is InChI=1S/C22H26F3N7/c1-13-8-20(31-30-13)28-19-11-18-17(6-3-7-26-18)21(29-19)27-14-9-15-4-2-5-16(10-14)32(15)12-22(23,24)25/h3,6-8,11,14-16H,2,4-5,9-10,12H2,1H3,(H3,27,28,29,30,31)/t14?,15-,16+. The van der Waals surface area contributed by atoms with Crippen LogP contribution in [0.1, 0.15) is 37.8 Å². The first kappa shape index (κ1) is 21.0. The first-order valence-electron chi connectivity index (χ1n) is 11.0. The minimum Gasteiger partial charge on any atom is -0.367 e. The van der Waals surface area contributed by atoms with Crippen LogP contribution in [0.2, 0.25) is 0 Å². The molecule has 7 nitrogen and oxygen atoms in total. The van der Waals surface area contributed by atoms with Crippen LogP contribution in [0.4, 0.5) is 30.6 Å². The van der Waals surface area contributed by atoms with E-state index in [0.717, 1.165) is 35.9 Å². The molecule has 0 spiro atoms. The number of hydrogen-bond acceptors (Lipinski definition) is 6. The van der Waals surface area contributed by atoms with Crippen LogP contribution in [0, 0.1) is 6.92 Å². The number of piperidine rings is 2. The number of H-pyrrole nitrogens is 1. The molecule has 10 heteroatoms. The van der Waals surface area contributed by atoms with Crippen molar-refractivity contribution in [3.63, 3.8) is 0 Å². The molecule has 2 aliphatic rings. The molecule has 2 bridgehead atoms. The monoisotopic (exact) mass is 445 g/mol. The van der Waals surface area contributed by atoms with Gasteiger partial charge in [-0.2, -0.15) is 18.3 Å². The molecular weight excluding hydrogens is 419 g/mol. The molecule has 2 saturated heterocycles. The molecule has 2 fully saturated rings. The fourth-order valence-corrected chi connectivity index (χ4v) is 5.12. The zero-order chi connectivity index (χ0) is 22.3. The molecule has 170 valence electrons. The highest BCUT2D eigenvalue weighted by Gasteiger charge is 2.43. The van der Waals surface area contributed by atoms with Gasteiger partial charge < -0.3 is 10.6 Å². The topological polar surface area (TPSA) is 81.8 Å². The molecular formula is C22H26F3N7.